The highest BCUT2D eigenvalue weighted by molar-refractivity contribution is 6.06. The van der Waals surface area contributed by atoms with Gasteiger partial charge in [0.05, 0.1) is 43.9 Å². The van der Waals surface area contributed by atoms with Crippen LogP contribution in [-0.2, 0) is 51.2 Å². The van der Waals surface area contributed by atoms with E-state index in [9.17, 15) is 19.2 Å². The lowest BCUT2D eigenvalue weighted by Gasteiger charge is -2.27. The maximum absolute atomic E-state index is 13.6. The Balaban J connectivity index is 1.52. The third-order valence-electron chi connectivity index (χ3n) is 19.3. The lowest BCUT2D eigenvalue weighted by atomic mass is 10.0. The number of fused-ring (bicyclic) bond motifs is 3. The summed E-state index contributed by atoms with van der Waals surface area (Å²) in [5.41, 5.74) is 8.10. The minimum atomic E-state index is -0.790. The van der Waals surface area contributed by atoms with Gasteiger partial charge in [0.2, 0.25) is 0 Å². The van der Waals surface area contributed by atoms with Gasteiger partial charge in [0, 0.05) is 31.1 Å². The molecule has 0 bridgehead atoms. The van der Waals surface area contributed by atoms with Crippen molar-refractivity contribution in [3.63, 3.8) is 0 Å². The Labute approximate surface area is 599 Å². The van der Waals surface area contributed by atoms with Crippen molar-refractivity contribution in [1.82, 2.24) is 29.7 Å². The molecule has 2 heterocycles. The van der Waals surface area contributed by atoms with Gasteiger partial charge in [0.25, 0.3) is 0 Å². The number of aromatic nitrogens is 3. The molecule has 98 heavy (non-hydrogen) atoms. The zero-order valence-electron chi connectivity index (χ0n) is 64.7. The summed E-state index contributed by atoms with van der Waals surface area (Å²) in [4.78, 5) is 66.0. The van der Waals surface area contributed by atoms with E-state index in [2.05, 4.69) is 79.2 Å². The zero-order valence-corrected chi connectivity index (χ0v) is 64.7. The fourth-order valence-corrected chi connectivity index (χ4v) is 13.5. The zero-order chi connectivity index (χ0) is 71.1. The molecule has 15 nitrogen and oxygen atoms in total. The molecule has 0 fully saturated rings. The third kappa shape index (κ3) is 45.5. The van der Waals surface area contributed by atoms with Gasteiger partial charge in [0.1, 0.15) is 16.9 Å². The van der Waals surface area contributed by atoms with E-state index in [-0.39, 0.29) is 23.9 Å². The highest BCUT2D eigenvalue weighted by Gasteiger charge is 2.28. The molecule has 3 rings (SSSR count). The second kappa shape index (κ2) is 57.2. The second-order valence-electron chi connectivity index (χ2n) is 30.8. The number of ether oxygens (including phenoxy) is 4. The van der Waals surface area contributed by atoms with E-state index in [0.29, 0.717) is 69.9 Å². The van der Waals surface area contributed by atoms with Crippen LogP contribution in [0.5, 0.6) is 0 Å². The summed E-state index contributed by atoms with van der Waals surface area (Å²) in [5, 5.41) is 4.40. The molecule has 0 saturated carbocycles. The predicted octanol–water partition coefficient (Wildman–Crippen LogP) is 21.0. The molecule has 1 aromatic carbocycles. The topological polar surface area (TPSA) is 180 Å². The Morgan fingerprint density at radius 3 is 1.18 bits per heavy atom. The highest BCUT2D eigenvalue weighted by atomic mass is 16.6. The van der Waals surface area contributed by atoms with Crippen LogP contribution < -0.4 is 11.1 Å². The van der Waals surface area contributed by atoms with Crippen molar-refractivity contribution in [2.75, 3.05) is 71.4 Å². The van der Waals surface area contributed by atoms with Gasteiger partial charge in [-0.1, -0.05) is 246 Å². The van der Waals surface area contributed by atoms with Crippen molar-refractivity contribution in [2.45, 2.75) is 364 Å². The average Bonchev–Trinajstić information content (AvgIpc) is 1.58. The Morgan fingerprint density at radius 2 is 0.786 bits per heavy atom. The first-order chi connectivity index (χ1) is 47.5. The number of carbonyl (C=O) groups is 4. The van der Waals surface area contributed by atoms with Crippen molar-refractivity contribution < 1.29 is 38.1 Å². The number of para-hydroxylation sites is 1. The molecule has 0 spiro atoms. The number of anilines is 1. The van der Waals surface area contributed by atoms with Gasteiger partial charge in [-0.2, -0.15) is 0 Å². The first kappa shape index (κ1) is 87.9. The predicted molar refractivity (Wildman–Crippen MR) is 410 cm³/mol. The number of nitrogens with one attached hydrogen (secondary N) is 1. The summed E-state index contributed by atoms with van der Waals surface area (Å²) in [6, 6.07) is 8.00. The van der Waals surface area contributed by atoms with Crippen LogP contribution >= 0.6 is 0 Å². The molecule has 0 aliphatic rings. The van der Waals surface area contributed by atoms with Gasteiger partial charge in [0.15, 0.2) is 5.82 Å². The number of nitrogens with zero attached hydrogens (tertiary/aromatic N) is 5. The van der Waals surface area contributed by atoms with Gasteiger partial charge >= 0.3 is 23.9 Å². The Hall–Kier alpha value is -4.34. The number of nitrogens with two attached hydrogens (primary N) is 1. The Kier molecular flexibility index (Phi) is 51.3. The summed E-state index contributed by atoms with van der Waals surface area (Å²) >= 11 is 0. The van der Waals surface area contributed by atoms with Crippen LogP contribution in [0.1, 0.15) is 351 Å². The first-order valence-electron chi connectivity index (χ1n) is 40.8. The van der Waals surface area contributed by atoms with Gasteiger partial charge in [-0.15, -0.1) is 0 Å². The molecule has 15 heteroatoms. The molecule has 3 N–H and O–H groups in total. The number of unbranched alkanes of at least 4 members (excludes halogenated alkanes) is 29. The smallest absolute Gasteiger partial charge is 0.306 e. The van der Waals surface area contributed by atoms with Crippen molar-refractivity contribution in [3.05, 3.63) is 30.1 Å². The molecule has 0 aliphatic heterocycles. The van der Waals surface area contributed by atoms with Crippen LogP contribution in [-0.4, -0.2) is 119 Å². The number of pyridine rings is 1. The average molecular weight is 1370 g/mol. The number of nitrogen functional groups attached to an aromatic ring is 1. The van der Waals surface area contributed by atoms with Crippen LogP contribution in [0.3, 0.4) is 0 Å². The molecule has 0 saturated heterocycles. The van der Waals surface area contributed by atoms with E-state index in [1.807, 2.05) is 32.0 Å². The van der Waals surface area contributed by atoms with E-state index in [4.69, 9.17) is 29.7 Å². The van der Waals surface area contributed by atoms with E-state index >= 15 is 0 Å². The second-order valence-corrected chi connectivity index (χ2v) is 30.8. The summed E-state index contributed by atoms with van der Waals surface area (Å²) in [6.07, 6.45) is 47.8. The summed E-state index contributed by atoms with van der Waals surface area (Å²) < 4.78 is 25.2. The molecule has 2 aromatic heterocycles. The molecule has 0 radical (unpaired) electrons. The number of carbonyl (C=O) groups excluding carboxylic acids is 4. The fraction of sp³-hybridized carbons (Fsp3) is 0.831. The fourth-order valence-electron chi connectivity index (χ4n) is 13.5. The maximum atomic E-state index is 13.6. The van der Waals surface area contributed by atoms with Crippen molar-refractivity contribution in [2.24, 2.45) is 17.8 Å². The highest BCUT2D eigenvalue weighted by Crippen LogP contribution is 2.31. The normalized spacial score (nSPS) is 12.1. The molecule has 0 aliphatic carbocycles. The minimum absolute atomic E-state index is 0.0303. The standard InChI is InChI=1S/C83H149N7O8/c1-10-85-68-75-87-80-81(73-53-40-41-54-74(73)86-82(80)84)90(75)69-83(8,9)98-79(94)58-39-32-45-62-89(61-44-28-16-13-25-38-57-78(93)97-67-48-31-19-22-35-52-72(6)7)64-49-63-88(59-42-26-14-11-23-36-55-76(91)95-65-46-29-17-20-33-50-70(2)3)60-43-27-15-12-24-37-56-77(92)96-66-47-30-18-21-34-51-71(4)5/h40-41,53-54,70-72,85H,10-39,42-52,55-69H2,1-9H3,(H2,84,86). The number of esters is 4. The van der Waals surface area contributed by atoms with E-state index in [1.54, 1.807) is 0 Å². The lowest BCUT2D eigenvalue weighted by molar-refractivity contribution is -0.158. The summed E-state index contributed by atoms with van der Waals surface area (Å²) in [6.45, 7) is 29.7. The minimum Gasteiger partial charge on any atom is -0.466 e. The van der Waals surface area contributed by atoms with E-state index < -0.39 is 5.60 Å². The molecule has 564 valence electrons. The number of benzene rings is 1. The van der Waals surface area contributed by atoms with Gasteiger partial charge in [-0.3, -0.25) is 19.2 Å². The van der Waals surface area contributed by atoms with E-state index in [1.165, 1.54) is 128 Å². The van der Waals surface area contributed by atoms with Crippen molar-refractivity contribution in [1.29, 1.82) is 0 Å². The monoisotopic (exact) mass is 1370 g/mol. The number of hydrogen-bond acceptors (Lipinski definition) is 14. The maximum Gasteiger partial charge on any atom is 0.306 e. The molecule has 0 amide bonds. The molecule has 0 atom stereocenters. The molecular formula is C83H149N7O8. The molecule has 0 unspecified atom stereocenters. The summed E-state index contributed by atoms with van der Waals surface area (Å²) in [7, 11) is 0. The number of hydrogen-bond donors (Lipinski definition) is 2. The van der Waals surface area contributed by atoms with Crippen LogP contribution in [0, 0.1) is 17.8 Å². The van der Waals surface area contributed by atoms with Gasteiger partial charge < -0.3 is 44.4 Å². The number of imidazole rings is 1. The van der Waals surface area contributed by atoms with Crippen LogP contribution in [0.4, 0.5) is 5.82 Å². The Morgan fingerprint density at radius 1 is 0.449 bits per heavy atom. The SMILES string of the molecule is CCNCc1nc2c(N)nc3ccccc3c2n1CC(C)(C)OC(=O)CCCCCN(CCCCCCCCC(=O)OCCCCCCCC(C)C)CCCN(CCCCCCCCC(=O)OCCCCCCCC(C)C)CCCCCCCCC(=O)OCCCCCCCC(C)C. The third-order valence-corrected chi connectivity index (χ3v) is 19.3. The van der Waals surface area contributed by atoms with Gasteiger partial charge in [-0.25, -0.2) is 9.97 Å². The lowest BCUT2D eigenvalue weighted by Crippen LogP contribution is -2.34. The molecular weight excluding hydrogens is 1220 g/mol. The number of rotatable bonds is 67. The van der Waals surface area contributed by atoms with Crippen molar-refractivity contribution in [3.8, 4) is 0 Å². The summed E-state index contributed by atoms with van der Waals surface area (Å²) in [5.74, 6) is 3.29. The first-order valence-corrected chi connectivity index (χ1v) is 40.8. The largest absolute Gasteiger partial charge is 0.466 e. The van der Waals surface area contributed by atoms with Gasteiger partial charge in [-0.05, 0) is 161 Å². The Bertz CT molecular complexity index is 2430. The quantitative estimate of drug-likeness (QED) is 0.0309. The van der Waals surface area contributed by atoms with Crippen LogP contribution in [0.15, 0.2) is 24.3 Å². The van der Waals surface area contributed by atoms with Crippen molar-refractivity contribution >= 4 is 51.6 Å². The van der Waals surface area contributed by atoms with E-state index in [0.717, 1.165) is 214 Å². The van der Waals surface area contributed by atoms with Crippen LogP contribution in [0.2, 0.25) is 0 Å². The molecule has 3 aromatic rings. The van der Waals surface area contributed by atoms with Crippen LogP contribution in [0.25, 0.3) is 21.9 Å².